The second-order valence-corrected chi connectivity index (χ2v) is 8.78. The van der Waals surface area contributed by atoms with Crippen LogP contribution >= 0.6 is 11.6 Å². The van der Waals surface area contributed by atoms with Gasteiger partial charge in [-0.05, 0) is 56.7 Å². The van der Waals surface area contributed by atoms with Crippen LogP contribution in [0.25, 0.3) is 5.69 Å². The zero-order valence-corrected chi connectivity index (χ0v) is 20.4. The molecular weight excluding hydrogens is 458 g/mol. The smallest absolute Gasteiger partial charge is 0.214 e. The van der Waals surface area contributed by atoms with E-state index in [0.29, 0.717) is 28.6 Å². The first kappa shape index (κ1) is 24.1. The standard InChI is InChI=1S/C28H26ClN5O/c1-19-4-8-21(9-5-19)27(35)26-25(18-30)28(34(33-26)24-14-10-22(29)11-15-24)32-17-3-16-31-23-12-6-20(2)7-13-23/h4-15,31-32H,3,16-17H2,1-2H3. The maximum atomic E-state index is 13.3. The van der Waals surface area contributed by atoms with Crippen LogP contribution in [0.2, 0.25) is 5.02 Å². The fraction of sp³-hybridized carbons (Fsp3) is 0.179. The van der Waals surface area contributed by atoms with Crippen LogP contribution in [0.4, 0.5) is 11.5 Å². The average Bonchev–Trinajstić information content (AvgIpc) is 3.24. The van der Waals surface area contributed by atoms with Crippen molar-refractivity contribution in [2.45, 2.75) is 20.3 Å². The number of halogens is 1. The Labute approximate surface area is 210 Å². The number of ketones is 1. The lowest BCUT2D eigenvalue weighted by atomic mass is 10.0. The second-order valence-electron chi connectivity index (χ2n) is 8.34. The highest BCUT2D eigenvalue weighted by atomic mass is 35.5. The molecule has 0 spiro atoms. The van der Waals surface area contributed by atoms with Gasteiger partial charge in [-0.1, -0.05) is 59.1 Å². The molecule has 0 aliphatic carbocycles. The summed E-state index contributed by atoms with van der Waals surface area (Å²) in [7, 11) is 0. The van der Waals surface area contributed by atoms with Crippen LogP contribution in [-0.2, 0) is 0 Å². The van der Waals surface area contributed by atoms with Crippen LogP contribution in [0.5, 0.6) is 0 Å². The molecule has 0 bridgehead atoms. The molecule has 0 unspecified atom stereocenters. The summed E-state index contributed by atoms with van der Waals surface area (Å²) in [5, 5.41) is 21.9. The molecule has 0 radical (unpaired) electrons. The topological polar surface area (TPSA) is 82.7 Å². The van der Waals surface area contributed by atoms with Gasteiger partial charge in [-0.3, -0.25) is 4.79 Å². The van der Waals surface area contributed by atoms with Gasteiger partial charge in [0.2, 0.25) is 5.78 Å². The van der Waals surface area contributed by atoms with Gasteiger partial charge in [-0.25, -0.2) is 4.68 Å². The molecule has 1 heterocycles. The van der Waals surface area contributed by atoms with Gasteiger partial charge in [-0.2, -0.15) is 10.4 Å². The Morgan fingerprint density at radius 2 is 1.51 bits per heavy atom. The summed E-state index contributed by atoms with van der Waals surface area (Å²) in [6, 6.07) is 24.8. The third kappa shape index (κ3) is 5.71. The molecule has 0 fully saturated rings. The molecule has 0 saturated carbocycles. The second kappa shape index (κ2) is 10.9. The Balaban J connectivity index is 1.57. The fourth-order valence-electron chi connectivity index (χ4n) is 3.66. The van der Waals surface area contributed by atoms with Gasteiger partial charge in [0.15, 0.2) is 5.69 Å². The van der Waals surface area contributed by atoms with Crippen LogP contribution in [0.1, 0.15) is 39.2 Å². The molecule has 4 rings (SSSR count). The number of hydrogen-bond donors (Lipinski definition) is 2. The van der Waals surface area contributed by atoms with E-state index in [2.05, 4.69) is 53.0 Å². The molecule has 0 amide bonds. The van der Waals surface area contributed by atoms with E-state index < -0.39 is 0 Å². The van der Waals surface area contributed by atoms with Crippen molar-refractivity contribution in [1.29, 1.82) is 5.26 Å². The largest absolute Gasteiger partial charge is 0.385 e. The first-order chi connectivity index (χ1) is 17.0. The van der Waals surface area contributed by atoms with E-state index in [-0.39, 0.29) is 17.0 Å². The van der Waals surface area contributed by atoms with Gasteiger partial charge >= 0.3 is 0 Å². The van der Waals surface area contributed by atoms with E-state index in [1.807, 2.05) is 19.1 Å². The summed E-state index contributed by atoms with van der Waals surface area (Å²) in [4.78, 5) is 13.3. The quantitative estimate of drug-likeness (QED) is 0.220. The number of benzene rings is 3. The molecule has 0 saturated heterocycles. The first-order valence-electron chi connectivity index (χ1n) is 11.4. The molecule has 7 heteroatoms. The van der Waals surface area contributed by atoms with Gasteiger partial charge in [0.05, 0.1) is 5.69 Å². The minimum absolute atomic E-state index is 0.117. The molecule has 3 aromatic carbocycles. The van der Waals surface area contributed by atoms with Crippen molar-refractivity contribution in [1.82, 2.24) is 9.78 Å². The monoisotopic (exact) mass is 483 g/mol. The maximum Gasteiger partial charge on any atom is 0.214 e. The van der Waals surface area contributed by atoms with Crippen molar-refractivity contribution >= 4 is 28.9 Å². The van der Waals surface area contributed by atoms with E-state index in [0.717, 1.165) is 24.2 Å². The Morgan fingerprint density at radius 3 is 2.14 bits per heavy atom. The number of nitrogens with one attached hydrogen (secondary N) is 2. The number of carbonyl (C=O) groups excluding carboxylic acids is 1. The first-order valence-corrected chi connectivity index (χ1v) is 11.8. The van der Waals surface area contributed by atoms with Gasteiger partial charge in [0, 0.05) is 29.4 Å². The Morgan fingerprint density at radius 1 is 0.914 bits per heavy atom. The molecule has 2 N–H and O–H groups in total. The number of aromatic nitrogens is 2. The Bertz CT molecular complexity index is 1350. The summed E-state index contributed by atoms with van der Waals surface area (Å²) in [5.41, 5.74) is 4.85. The average molecular weight is 484 g/mol. The van der Waals surface area contributed by atoms with E-state index in [1.165, 1.54) is 5.56 Å². The molecule has 35 heavy (non-hydrogen) atoms. The highest BCUT2D eigenvalue weighted by Gasteiger charge is 2.25. The van der Waals surface area contributed by atoms with Crippen LogP contribution in [-0.4, -0.2) is 28.7 Å². The minimum atomic E-state index is -0.293. The highest BCUT2D eigenvalue weighted by molar-refractivity contribution is 6.30. The molecule has 0 aliphatic rings. The highest BCUT2D eigenvalue weighted by Crippen LogP contribution is 2.26. The zero-order valence-electron chi connectivity index (χ0n) is 19.7. The van der Waals surface area contributed by atoms with Crippen LogP contribution in [0.15, 0.2) is 72.8 Å². The minimum Gasteiger partial charge on any atom is -0.385 e. The number of rotatable bonds is 9. The molecular formula is C28H26ClN5O. The number of anilines is 2. The number of aryl methyl sites for hydroxylation is 2. The number of carbonyl (C=O) groups is 1. The molecule has 6 nitrogen and oxygen atoms in total. The summed E-state index contributed by atoms with van der Waals surface area (Å²) in [6.45, 7) is 5.36. The Hall–Kier alpha value is -4.08. The number of nitriles is 1. The van der Waals surface area contributed by atoms with Gasteiger partial charge in [-0.15, -0.1) is 0 Å². The number of hydrogen-bond acceptors (Lipinski definition) is 5. The van der Waals surface area contributed by atoms with Crippen molar-refractivity contribution < 1.29 is 4.79 Å². The SMILES string of the molecule is Cc1ccc(NCCCNc2c(C#N)c(C(=O)c3ccc(C)cc3)nn2-c2ccc(Cl)cc2)cc1. The van der Waals surface area contributed by atoms with Crippen molar-refractivity contribution in [3.63, 3.8) is 0 Å². The van der Waals surface area contributed by atoms with E-state index >= 15 is 0 Å². The molecule has 0 aliphatic heterocycles. The fourth-order valence-corrected chi connectivity index (χ4v) is 3.78. The molecule has 1 aromatic heterocycles. The van der Waals surface area contributed by atoms with Crippen molar-refractivity contribution in [3.05, 3.63) is 106 Å². The zero-order chi connectivity index (χ0) is 24.8. The number of nitrogens with zero attached hydrogens (tertiary/aromatic N) is 3. The van der Waals surface area contributed by atoms with Gasteiger partial charge in [0.25, 0.3) is 0 Å². The predicted octanol–water partition coefficient (Wildman–Crippen LogP) is 6.16. The summed E-state index contributed by atoms with van der Waals surface area (Å²) < 4.78 is 1.60. The summed E-state index contributed by atoms with van der Waals surface area (Å²) in [6.07, 6.45) is 0.797. The lowest BCUT2D eigenvalue weighted by Gasteiger charge is -2.11. The predicted molar refractivity (Wildman–Crippen MR) is 141 cm³/mol. The van der Waals surface area contributed by atoms with Gasteiger partial charge < -0.3 is 10.6 Å². The summed E-state index contributed by atoms with van der Waals surface area (Å²) in [5.74, 6) is 0.193. The normalized spacial score (nSPS) is 10.6. The molecule has 176 valence electrons. The third-order valence-electron chi connectivity index (χ3n) is 5.62. The third-order valence-corrected chi connectivity index (χ3v) is 5.88. The van der Waals surface area contributed by atoms with Crippen molar-refractivity contribution in [3.8, 4) is 11.8 Å². The lowest BCUT2D eigenvalue weighted by Crippen LogP contribution is -2.12. The lowest BCUT2D eigenvalue weighted by molar-refractivity contribution is 0.103. The van der Waals surface area contributed by atoms with Crippen molar-refractivity contribution in [2.75, 3.05) is 23.7 Å². The summed E-state index contributed by atoms with van der Waals surface area (Å²) >= 11 is 6.06. The van der Waals surface area contributed by atoms with Gasteiger partial charge in [0.1, 0.15) is 17.5 Å². The Kier molecular flexibility index (Phi) is 7.49. The van der Waals surface area contributed by atoms with E-state index in [4.69, 9.17) is 11.6 Å². The van der Waals surface area contributed by atoms with E-state index in [1.54, 1.807) is 41.1 Å². The van der Waals surface area contributed by atoms with E-state index in [9.17, 15) is 10.1 Å². The molecule has 4 aromatic rings. The van der Waals surface area contributed by atoms with Crippen LogP contribution in [0.3, 0.4) is 0 Å². The van der Waals surface area contributed by atoms with Crippen molar-refractivity contribution in [2.24, 2.45) is 0 Å². The molecule has 0 atom stereocenters. The van der Waals surface area contributed by atoms with Crippen LogP contribution < -0.4 is 10.6 Å². The van der Waals surface area contributed by atoms with Crippen LogP contribution in [0, 0.1) is 25.2 Å². The maximum absolute atomic E-state index is 13.3.